The van der Waals surface area contributed by atoms with Crippen LogP contribution in [0.5, 0.6) is 5.75 Å². The molecular weight excluding hydrogens is 322 g/mol. The zero-order valence-corrected chi connectivity index (χ0v) is 14.7. The summed E-state index contributed by atoms with van der Waals surface area (Å²) in [7, 11) is 1.62. The maximum atomic E-state index is 12.8. The fourth-order valence-corrected chi connectivity index (χ4v) is 4.06. The average Bonchev–Trinajstić information content (AvgIpc) is 3.03. The zero-order chi connectivity index (χ0) is 18.0. The lowest BCUT2D eigenvalue weighted by Crippen LogP contribution is -2.45. The smallest absolute Gasteiger partial charge is 0.311 e. The molecule has 6 heteroatoms. The molecule has 0 spiro atoms. The van der Waals surface area contributed by atoms with Crippen molar-refractivity contribution in [2.75, 3.05) is 33.4 Å². The van der Waals surface area contributed by atoms with Crippen LogP contribution in [0.4, 0.5) is 0 Å². The Bertz CT molecular complexity index is 661. The number of nitrogens with zero attached hydrogens (tertiary/aromatic N) is 1. The molecule has 25 heavy (non-hydrogen) atoms. The van der Waals surface area contributed by atoms with Gasteiger partial charge in [0.05, 0.1) is 19.1 Å². The Morgan fingerprint density at radius 3 is 2.88 bits per heavy atom. The van der Waals surface area contributed by atoms with Crippen LogP contribution >= 0.6 is 0 Å². The molecule has 2 heterocycles. The van der Waals surface area contributed by atoms with E-state index in [2.05, 4.69) is 0 Å². The Kier molecular flexibility index (Phi) is 4.99. The molecule has 1 amide bonds. The lowest BCUT2D eigenvalue weighted by atomic mass is 9.74. The summed E-state index contributed by atoms with van der Waals surface area (Å²) < 4.78 is 10.8. The minimum Gasteiger partial charge on any atom is -0.496 e. The van der Waals surface area contributed by atoms with Crippen LogP contribution in [0.1, 0.15) is 31.2 Å². The predicted octanol–water partition coefficient (Wildman–Crippen LogP) is 2.14. The summed E-state index contributed by atoms with van der Waals surface area (Å²) in [5.74, 6) is -0.164. The number of amides is 1. The van der Waals surface area contributed by atoms with Gasteiger partial charge in [0, 0.05) is 32.0 Å². The Hall–Kier alpha value is -2.08. The highest BCUT2D eigenvalue weighted by atomic mass is 16.5. The Morgan fingerprint density at radius 1 is 1.44 bits per heavy atom. The summed E-state index contributed by atoms with van der Waals surface area (Å²) in [5, 5.41) is 9.72. The number of hydrogen-bond acceptors (Lipinski definition) is 4. The molecular formula is C19H25NO5. The third kappa shape index (κ3) is 3.23. The van der Waals surface area contributed by atoms with E-state index < -0.39 is 11.4 Å². The first-order valence-electron chi connectivity index (χ1n) is 8.70. The topological polar surface area (TPSA) is 76.1 Å². The number of rotatable bonds is 5. The van der Waals surface area contributed by atoms with Crippen LogP contribution in [-0.2, 0) is 14.3 Å². The number of fused-ring (bicyclic) bond motifs is 1. The molecule has 1 N–H and O–H groups in total. The molecule has 6 nitrogen and oxygen atoms in total. The van der Waals surface area contributed by atoms with Gasteiger partial charge in [0.1, 0.15) is 5.75 Å². The van der Waals surface area contributed by atoms with E-state index in [-0.39, 0.29) is 24.3 Å². The Labute approximate surface area is 147 Å². The van der Waals surface area contributed by atoms with Crippen molar-refractivity contribution in [1.29, 1.82) is 0 Å². The summed E-state index contributed by atoms with van der Waals surface area (Å²) in [6, 6.07) is 7.68. The van der Waals surface area contributed by atoms with Crippen LogP contribution in [0.15, 0.2) is 24.3 Å². The zero-order valence-electron chi connectivity index (χ0n) is 14.7. The van der Waals surface area contributed by atoms with Crippen LogP contribution < -0.4 is 4.74 Å². The molecule has 0 bridgehead atoms. The third-order valence-corrected chi connectivity index (χ3v) is 5.64. The average molecular weight is 347 g/mol. The van der Waals surface area contributed by atoms with Crippen LogP contribution in [0.25, 0.3) is 0 Å². The van der Waals surface area contributed by atoms with Gasteiger partial charge in [0.25, 0.3) is 0 Å². The van der Waals surface area contributed by atoms with Gasteiger partial charge in [-0.2, -0.15) is 0 Å². The summed E-state index contributed by atoms with van der Waals surface area (Å²) in [6.07, 6.45) is 0.808. The summed E-state index contributed by atoms with van der Waals surface area (Å²) in [5.41, 5.74) is 0.146. The molecule has 2 fully saturated rings. The van der Waals surface area contributed by atoms with Gasteiger partial charge in [-0.05, 0) is 24.0 Å². The number of hydrogen-bond donors (Lipinski definition) is 1. The SMILES string of the molecule is COc1ccccc1C(C)CC(=O)N1C[C@H]2COCC[C@@]2(C(=O)O)C1. The van der Waals surface area contributed by atoms with Crippen molar-refractivity contribution in [1.82, 2.24) is 4.90 Å². The van der Waals surface area contributed by atoms with Gasteiger partial charge in [-0.25, -0.2) is 0 Å². The summed E-state index contributed by atoms with van der Waals surface area (Å²) in [4.78, 5) is 26.3. The van der Waals surface area contributed by atoms with Gasteiger partial charge in [-0.15, -0.1) is 0 Å². The van der Waals surface area contributed by atoms with Gasteiger partial charge in [-0.1, -0.05) is 25.1 Å². The van der Waals surface area contributed by atoms with Crippen molar-refractivity contribution in [2.45, 2.75) is 25.7 Å². The maximum absolute atomic E-state index is 12.8. The van der Waals surface area contributed by atoms with E-state index in [4.69, 9.17) is 9.47 Å². The van der Waals surface area contributed by atoms with Crippen molar-refractivity contribution in [3.8, 4) is 5.75 Å². The fraction of sp³-hybridized carbons (Fsp3) is 0.579. The number of para-hydroxylation sites is 1. The van der Waals surface area contributed by atoms with Gasteiger partial charge in [0.15, 0.2) is 0 Å². The van der Waals surface area contributed by atoms with Crippen molar-refractivity contribution in [2.24, 2.45) is 11.3 Å². The number of carboxylic acid groups (broad SMARTS) is 1. The molecule has 136 valence electrons. The van der Waals surface area contributed by atoms with E-state index in [1.807, 2.05) is 31.2 Å². The van der Waals surface area contributed by atoms with Crippen molar-refractivity contribution in [3.05, 3.63) is 29.8 Å². The number of carboxylic acids is 1. The molecule has 2 aliphatic rings. The van der Waals surface area contributed by atoms with Gasteiger partial charge in [0.2, 0.25) is 5.91 Å². The largest absolute Gasteiger partial charge is 0.496 e. The molecule has 1 unspecified atom stereocenters. The molecule has 3 rings (SSSR count). The molecule has 0 aliphatic carbocycles. The van der Waals surface area contributed by atoms with Crippen LogP contribution in [-0.4, -0.2) is 55.3 Å². The van der Waals surface area contributed by atoms with E-state index in [1.165, 1.54) is 0 Å². The lowest BCUT2D eigenvalue weighted by Gasteiger charge is -2.33. The number of ether oxygens (including phenoxy) is 2. The summed E-state index contributed by atoms with van der Waals surface area (Å²) in [6.45, 7) is 3.60. The second-order valence-corrected chi connectivity index (χ2v) is 7.10. The van der Waals surface area contributed by atoms with E-state index >= 15 is 0 Å². The highest BCUT2D eigenvalue weighted by molar-refractivity contribution is 5.81. The number of carbonyl (C=O) groups excluding carboxylic acids is 1. The quantitative estimate of drug-likeness (QED) is 0.883. The standard InChI is InChI=1S/C19H25NO5/c1-13(15-5-3-4-6-16(15)24-2)9-17(21)20-10-14-11-25-8-7-19(14,12-20)18(22)23/h3-6,13-14H,7-12H2,1-2H3,(H,22,23)/t13?,14-,19+/m0/s1. The minimum absolute atomic E-state index is 0.00306. The highest BCUT2D eigenvalue weighted by Crippen LogP contribution is 2.43. The number of likely N-dealkylation sites (tertiary alicyclic amines) is 1. The third-order valence-electron chi connectivity index (χ3n) is 5.64. The molecule has 1 aromatic rings. The Balaban J connectivity index is 1.71. The van der Waals surface area contributed by atoms with Crippen LogP contribution in [0.2, 0.25) is 0 Å². The molecule has 1 aromatic carbocycles. The molecule has 2 saturated heterocycles. The monoisotopic (exact) mass is 347 g/mol. The number of benzene rings is 1. The highest BCUT2D eigenvalue weighted by Gasteiger charge is 2.54. The second-order valence-electron chi connectivity index (χ2n) is 7.10. The molecule has 3 atom stereocenters. The lowest BCUT2D eigenvalue weighted by molar-refractivity contribution is -0.157. The van der Waals surface area contributed by atoms with Crippen molar-refractivity contribution < 1.29 is 24.2 Å². The van der Waals surface area contributed by atoms with Gasteiger partial charge < -0.3 is 19.5 Å². The molecule has 0 saturated carbocycles. The van der Waals surface area contributed by atoms with Crippen molar-refractivity contribution in [3.63, 3.8) is 0 Å². The minimum atomic E-state index is -0.846. The van der Waals surface area contributed by atoms with E-state index in [1.54, 1.807) is 12.0 Å². The van der Waals surface area contributed by atoms with E-state index in [0.717, 1.165) is 11.3 Å². The number of carbonyl (C=O) groups is 2. The molecule has 0 radical (unpaired) electrons. The summed E-state index contributed by atoms with van der Waals surface area (Å²) >= 11 is 0. The first kappa shape index (κ1) is 17.7. The van der Waals surface area contributed by atoms with Crippen LogP contribution in [0.3, 0.4) is 0 Å². The van der Waals surface area contributed by atoms with Gasteiger partial charge >= 0.3 is 5.97 Å². The maximum Gasteiger partial charge on any atom is 0.311 e. The predicted molar refractivity (Wildman–Crippen MR) is 91.6 cm³/mol. The Morgan fingerprint density at radius 2 is 2.20 bits per heavy atom. The normalized spacial score (nSPS) is 26.8. The molecule has 2 aliphatic heterocycles. The molecule has 0 aromatic heterocycles. The first-order valence-corrected chi connectivity index (χ1v) is 8.70. The van der Waals surface area contributed by atoms with Gasteiger partial charge in [-0.3, -0.25) is 9.59 Å². The van der Waals surface area contributed by atoms with E-state index in [0.29, 0.717) is 32.6 Å². The first-order chi connectivity index (χ1) is 12.0. The second kappa shape index (κ2) is 7.04. The number of methoxy groups -OCH3 is 1. The fourth-order valence-electron chi connectivity index (χ4n) is 4.06. The number of aliphatic carboxylic acids is 1. The van der Waals surface area contributed by atoms with E-state index in [9.17, 15) is 14.7 Å². The van der Waals surface area contributed by atoms with Crippen molar-refractivity contribution >= 4 is 11.9 Å². The van der Waals surface area contributed by atoms with Crippen LogP contribution in [0, 0.1) is 11.3 Å².